The van der Waals surface area contributed by atoms with Gasteiger partial charge in [0.1, 0.15) is 11.5 Å². The van der Waals surface area contributed by atoms with E-state index in [1.54, 1.807) is 30.6 Å². The monoisotopic (exact) mass is 460 g/mol. The van der Waals surface area contributed by atoms with Gasteiger partial charge in [0.05, 0.1) is 18.8 Å². The van der Waals surface area contributed by atoms with Crippen LogP contribution in [-0.4, -0.2) is 81.7 Å². The minimum Gasteiger partial charge on any atom is -0.331 e. The molecule has 2 aliphatic heterocycles. The number of fused-ring (bicyclic) bond motifs is 1. The molecule has 0 N–H and O–H groups in total. The van der Waals surface area contributed by atoms with Crippen LogP contribution in [0, 0.1) is 5.82 Å². The van der Waals surface area contributed by atoms with Crippen LogP contribution in [0.3, 0.4) is 0 Å². The second kappa shape index (κ2) is 9.87. The lowest BCUT2D eigenvalue weighted by molar-refractivity contribution is -0.127. The lowest BCUT2D eigenvalue weighted by Gasteiger charge is -2.31. The van der Waals surface area contributed by atoms with Crippen molar-refractivity contribution in [2.24, 2.45) is 0 Å². The maximum atomic E-state index is 13.5. The fourth-order valence-electron chi connectivity index (χ4n) is 4.58. The number of aromatic nitrogens is 3. The first kappa shape index (κ1) is 22.4. The molecule has 1 aromatic carbocycles. The summed E-state index contributed by atoms with van der Waals surface area (Å²) in [5, 5.41) is 4.86. The molecular weight excluding hydrogens is 431 g/mol. The van der Waals surface area contributed by atoms with Gasteiger partial charge in [0.25, 0.3) is 0 Å². The fourth-order valence-corrected chi connectivity index (χ4v) is 4.58. The van der Waals surface area contributed by atoms with E-state index in [2.05, 4.69) is 21.8 Å². The Kier molecular flexibility index (Phi) is 6.51. The van der Waals surface area contributed by atoms with Gasteiger partial charge in [0.15, 0.2) is 0 Å². The molecule has 0 unspecified atom stereocenters. The number of hydrogen-bond donors (Lipinski definition) is 0. The highest BCUT2D eigenvalue weighted by atomic mass is 19.1. The van der Waals surface area contributed by atoms with Crippen LogP contribution in [0.1, 0.15) is 5.69 Å². The summed E-state index contributed by atoms with van der Waals surface area (Å²) in [6.45, 7) is 6.67. The zero-order chi connectivity index (χ0) is 23.5. The zero-order valence-corrected chi connectivity index (χ0v) is 19.4. The van der Waals surface area contributed by atoms with Gasteiger partial charge < -0.3 is 9.80 Å². The first-order valence-electron chi connectivity index (χ1n) is 11.7. The molecule has 0 bridgehead atoms. The van der Waals surface area contributed by atoms with Crippen LogP contribution in [-0.2, 0) is 17.9 Å². The van der Waals surface area contributed by atoms with E-state index in [4.69, 9.17) is 5.10 Å². The smallest absolute Gasteiger partial charge is 0.246 e. The molecule has 5 rings (SSSR count). The number of amides is 1. The Morgan fingerprint density at radius 3 is 2.44 bits per heavy atom. The highest BCUT2D eigenvalue weighted by molar-refractivity contribution is 5.88. The maximum absolute atomic E-state index is 13.5. The van der Waals surface area contributed by atoms with E-state index in [0.717, 1.165) is 60.8 Å². The lowest BCUT2D eigenvalue weighted by Crippen LogP contribution is -2.44. The molecular formula is C26H29FN6O. The molecule has 1 saturated heterocycles. The van der Waals surface area contributed by atoms with Crippen LogP contribution in [0.5, 0.6) is 0 Å². The highest BCUT2D eigenvalue weighted by Crippen LogP contribution is 2.36. The topological polar surface area (TPSA) is 57.5 Å². The minimum atomic E-state index is -0.279. The molecule has 34 heavy (non-hydrogen) atoms. The van der Waals surface area contributed by atoms with E-state index in [1.165, 1.54) is 12.1 Å². The molecule has 0 atom stereocenters. The third-order valence-electron chi connectivity index (χ3n) is 6.60. The Bertz CT molecular complexity index is 1170. The van der Waals surface area contributed by atoms with Crippen molar-refractivity contribution in [1.29, 1.82) is 0 Å². The quantitative estimate of drug-likeness (QED) is 0.548. The van der Waals surface area contributed by atoms with Crippen LogP contribution in [0.25, 0.3) is 22.4 Å². The van der Waals surface area contributed by atoms with Crippen LogP contribution >= 0.6 is 0 Å². The molecule has 2 aliphatic rings. The average molecular weight is 461 g/mol. The summed E-state index contributed by atoms with van der Waals surface area (Å²) in [6, 6.07) is 10.3. The van der Waals surface area contributed by atoms with Gasteiger partial charge in [-0.05, 0) is 49.0 Å². The minimum absolute atomic E-state index is 0.0191. The fraction of sp³-hybridized carbons (Fsp3) is 0.346. The van der Waals surface area contributed by atoms with E-state index in [-0.39, 0.29) is 11.7 Å². The Morgan fingerprint density at radius 2 is 1.71 bits per heavy atom. The van der Waals surface area contributed by atoms with Crippen LogP contribution in [0.2, 0.25) is 0 Å². The number of halogens is 1. The molecule has 176 valence electrons. The van der Waals surface area contributed by atoms with Crippen LogP contribution < -0.4 is 0 Å². The molecule has 0 spiro atoms. The number of pyridine rings is 1. The summed E-state index contributed by atoms with van der Waals surface area (Å²) in [5.74, 6) is -0.260. The number of piperazine rings is 1. The first-order valence-corrected chi connectivity index (χ1v) is 11.7. The summed E-state index contributed by atoms with van der Waals surface area (Å²) in [5.41, 5.74) is 4.57. The largest absolute Gasteiger partial charge is 0.331 e. The Morgan fingerprint density at radius 1 is 0.971 bits per heavy atom. The van der Waals surface area contributed by atoms with E-state index >= 15 is 0 Å². The van der Waals surface area contributed by atoms with E-state index in [0.29, 0.717) is 19.6 Å². The highest BCUT2D eigenvalue weighted by Gasteiger charge is 2.27. The van der Waals surface area contributed by atoms with Gasteiger partial charge in [-0.3, -0.25) is 19.4 Å². The van der Waals surface area contributed by atoms with Crippen molar-refractivity contribution in [3.63, 3.8) is 0 Å². The normalized spacial score (nSPS) is 17.3. The molecule has 3 aromatic rings. The van der Waals surface area contributed by atoms with E-state index < -0.39 is 0 Å². The van der Waals surface area contributed by atoms with Crippen LogP contribution in [0.15, 0.2) is 60.9 Å². The number of likely N-dealkylation sites (N-methyl/N-ethyl adjacent to an activating group) is 1. The van der Waals surface area contributed by atoms with Crippen molar-refractivity contribution in [2.75, 3.05) is 46.3 Å². The van der Waals surface area contributed by atoms with E-state index in [1.807, 2.05) is 27.8 Å². The standard InChI is InChI=1S/C26H29FN6O/c1-30-13-15-31(16-14-30)12-2-3-24(34)32-17-18-33-23(19-32)25(20-8-10-28-11-9-20)26(29-33)21-4-6-22(27)7-5-21/h2-11H,12-19H2,1H3/b3-2+. The predicted octanol–water partition coefficient (Wildman–Crippen LogP) is 2.90. The average Bonchev–Trinajstić information content (AvgIpc) is 3.25. The van der Waals surface area contributed by atoms with Gasteiger partial charge in [0.2, 0.25) is 5.91 Å². The zero-order valence-electron chi connectivity index (χ0n) is 19.4. The molecule has 1 amide bonds. The first-order chi connectivity index (χ1) is 16.6. The number of rotatable bonds is 5. The molecule has 2 aromatic heterocycles. The Labute approximate surface area is 199 Å². The maximum Gasteiger partial charge on any atom is 0.246 e. The third kappa shape index (κ3) is 4.78. The number of carbonyl (C=O) groups is 1. The van der Waals surface area contributed by atoms with E-state index in [9.17, 15) is 9.18 Å². The molecule has 4 heterocycles. The summed E-state index contributed by atoms with van der Waals surface area (Å²) in [4.78, 5) is 23.7. The Hall–Kier alpha value is -3.36. The van der Waals surface area contributed by atoms with Crippen molar-refractivity contribution in [3.8, 4) is 22.4 Å². The Balaban J connectivity index is 1.37. The molecule has 0 saturated carbocycles. The summed E-state index contributed by atoms with van der Waals surface area (Å²) >= 11 is 0. The number of hydrogen-bond acceptors (Lipinski definition) is 5. The lowest BCUT2D eigenvalue weighted by atomic mass is 9.99. The predicted molar refractivity (Wildman–Crippen MR) is 129 cm³/mol. The second-order valence-electron chi connectivity index (χ2n) is 8.90. The number of nitrogens with zero attached hydrogens (tertiary/aromatic N) is 6. The van der Waals surface area contributed by atoms with Crippen molar-refractivity contribution in [2.45, 2.75) is 13.1 Å². The van der Waals surface area contributed by atoms with Gasteiger partial charge in [-0.25, -0.2) is 4.39 Å². The van der Waals surface area contributed by atoms with Crippen molar-refractivity contribution < 1.29 is 9.18 Å². The molecule has 0 aliphatic carbocycles. The molecule has 1 fully saturated rings. The van der Waals surface area contributed by atoms with Crippen LogP contribution in [0.4, 0.5) is 4.39 Å². The third-order valence-corrected chi connectivity index (χ3v) is 6.60. The second-order valence-corrected chi connectivity index (χ2v) is 8.90. The van der Waals surface area contributed by atoms with Gasteiger partial charge in [-0.15, -0.1) is 0 Å². The number of benzene rings is 1. The SMILES string of the molecule is CN1CCN(C/C=C/C(=O)N2CCn3nc(-c4ccc(F)cc4)c(-c4ccncc4)c3C2)CC1. The van der Waals surface area contributed by atoms with Gasteiger partial charge in [-0.2, -0.15) is 5.10 Å². The summed E-state index contributed by atoms with van der Waals surface area (Å²) < 4.78 is 15.5. The van der Waals surface area contributed by atoms with Crippen molar-refractivity contribution in [1.82, 2.24) is 29.5 Å². The molecule has 0 radical (unpaired) electrons. The summed E-state index contributed by atoms with van der Waals surface area (Å²) in [6.07, 6.45) is 7.19. The summed E-state index contributed by atoms with van der Waals surface area (Å²) in [7, 11) is 2.14. The number of carbonyl (C=O) groups excluding carboxylic acids is 1. The molecule has 7 nitrogen and oxygen atoms in total. The van der Waals surface area contributed by atoms with Gasteiger partial charge in [-0.1, -0.05) is 6.08 Å². The van der Waals surface area contributed by atoms with Crippen molar-refractivity contribution >= 4 is 5.91 Å². The molecule has 8 heteroatoms. The van der Waals surface area contributed by atoms with Gasteiger partial charge >= 0.3 is 0 Å². The van der Waals surface area contributed by atoms with Gasteiger partial charge in [0, 0.05) is 68.9 Å². The van der Waals surface area contributed by atoms with Crippen molar-refractivity contribution in [3.05, 3.63) is 72.5 Å².